The van der Waals surface area contributed by atoms with Crippen molar-refractivity contribution in [1.29, 1.82) is 0 Å². The molecule has 0 radical (unpaired) electrons. The largest absolute Gasteiger partial charge is 0.478 e. The molecule has 8 nitrogen and oxygen atoms in total. The van der Waals surface area contributed by atoms with E-state index in [0.717, 1.165) is 22.6 Å². The summed E-state index contributed by atoms with van der Waals surface area (Å²) in [5, 5.41) is 16.2. The number of nitrogens with one attached hydrogen (secondary N) is 2. The molecule has 2 atom stereocenters. The molecule has 9 heteroatoms. The molecule has 0 aliphatic carbocycles. The van der Waals surface area contributed by atoms with E-state index in [1.165, 1.54) is 0 Å². The van der Waals surface area contributed by atoms with Crippen LogP contribution in [0.3, 0.4) is 0 Å². The highest BCUT2D eigenvalue weighted by molar-refractivity contribution is 7.80. The normalized spacial score (nSPS) is 16.8. The lowest BCUT2D eigenvalue weighted by Gasteiger charge is -2.26. The highest BCUT2D eigenvalue weighted by atomic mass is 32.1. The van der Waals surface area contributed by atoms with Crippen LogP contribution in [0, 0.1) is 6.92 Å². The van der Waals surface area contributed by atoms with Crippen LogP contribution in [0.4, 0.5) is 11.4 Å². The third-order valence-electron chi connectivity index (χ3n) is 6.49. The number of carboxylic acid groups (broad SMARTS) is 1. The number of nitrogens with zero attached hydrogens (tertiary/aromatic N) is 2. The van der Waals surface area contributed by atoms with Crippen molar-refractivity contribution in [2.24, 2.45) is 0 Å². The van der Waals surface area contributed by atoms with Crippen molar-refractivity contribution in [3.63, 3.8) is 0 Å². The molecule has 38 heavy (non-hydrogen) atoms. The number of amides is 1. The molecular formula is C29H26N4O4S. The Balaban J connectivity index is 1.56. The molecule has 1 aliphatic rings. The van der Waals surface area contributed by atoms with Gasteiger partial charge in [0.1, 0.15) is 17.6 Å². The van der Waals surface area contributed by atoms with Crippen LogP contribution in [0.5, 0.6) is 0 Å². The number of aryl methyl sites for hydroxylation is 1. The topological polar surface area (TPSA) is 108 Å². The van der Waals surface area contributed by atoms with Crippen molar-refractivity contribution in [1.82, 2.24) is 10.3 Å². The van der Waals surface area contributed by atoms with E-state index in [0.29, 0.717) is 28.6 Å². The van der Waals surface area contributed by atoms with Gasteiger partial charge in [-0.2, -0.15) is 0 Å². The first kappa shape index (κ1) is 25.2. The van der Waals surface area contributed by atoms with E-state index in [1.807, 2.05) is 73.3 Å². The SMILES string of the molecule is CCC(=O)Nc1ccc(N2C(=S)N[C@H](c3ccccn3)[C@@H]2c2ccc(-c3cccc(C(=O)O)c3)o2)cc1C. The number of carbonyl (C=O) groups excluding carboxylic acids is 1. The van der Waals surface area contributed by atoms with E-state index < -0.39 is 5.97 Å². The number of aromatic nitrogens is 1. The highest BCUT2D eigenvalue weighted by Crippen LogP contribution is 2.43. The van der Waals surface area contributed by atoms with Crippen LogP contribution in [0.25, 0.3) is 11.3 Å². The smallest absolute Gasteiger partial charge is 0.335 e. The van der Waals surface area contributed by atoms with Gasteiger partial charge >= 0.3 is 5.97 Å². The molecule has 0 bridgehead atoms. The Bertz CT molecular complexity index is 1520. The molecule has 0 spiro atoms. The lowest BCUT2D eigenvalue weighted by molar-refractivity contribution is -0.115. The van der Waals surface area contributed by atoms with Gasteiger partial charge in [0.05, 0.1) is 17.3 Å². The van der Waals surface area contributed by atoms with Crippen LogP contribution in [-0.4, -0.2) is 27.1 Å². The zero-order valence-corrected chi connectivity index (χ0v) is 21.7. The van der Waals surface area contributed by atoms with E-state index >= 15 is 0 Å². The fourth-order valence-corrected chi connectivity index (χ4v) is 4.92. The number of pyridine rings is 1. The van der Waals surface area contributed by atoms with Gasteiger partial charge < -0.3 is 25.1 Å². The minimum Gasteiger partial charge on any atom is -0.478 e. The van der Waals surface area contributed by atoms with Crippen molar-refractivity contribution in [3.05, 3.63) is 102 Å². The molecular weight excluding hydrogens is 500 g/mol. The Hall–Kier alpha value is -4.50. The van der Waals surface area contributed by atoms with Gasteiger partial charge in [0, 0.05) is 29.6 Å². The summed E-state index contributed by atoms with van der Waals surface area (Å²) >= 11 is 5.80. The molecule has 3 N–H and O–H groups in total. The number of hydrogen-bond donors (Lipinski definition) is 3. The minimum atomic E-state index is -1.00. The number of carbonyl (C=O) groups is 2. The minimum absolute atomic E-state index is 0.0533. The average molecular weight is 527 g/mol. The second kappa shape index (κ2) is 10.5. The van der Waals surface area contributed by atoms with Gasteiger partial charge in [0.15, 0.2) is 5.11 Å². The Labute approximate surface area is 225 Å². The monoisotopic (exact) mass is 526 g/mol. The Kier molecular flexibility index (Phi) is 6.93. The summed E-state index contributed by atoms with van der Waals surface area (Å²) in [6, 6.07) is 21.2. The summed E-state index contributed by atoms with van der Waals surface area (Å²) in [7, 11) is 0. The fraction of sp³-hybridized carbons (Fsp3) is 0.172. The van der Waals surface area contributed by atoms with Gasteiger partial charge in [0.2, 0.25) is 5.91 Å². The first-order chi connectivity index (χ1) is 18.4. The van der Waals surface area contributed by atoms with Crippen LogP contribution in [0.2, 0.25) is 0 Å². The quantitative estimate of drug-likeness (QED) is 0.257. The number of furan rings is 1. The van der Waals surface area contributed by atoms with E-state index in [9.17, 15) is 14.7 Å². The van der Waals surface area contributed by atoms with E-state index in [-0.39, 0.29) is 23.6 Å². The lowest BCUT2D eigenvalue weighted by atomic mass is 10.0. The predicted molar refractivity (Wildman–Crippen MR) is 149 cm³/mol. The third kappa shape index (κ3) is 4.88. The van der Waals surface area contributed by atoms with Gasteiger partial charge in [-0.1, -0.05) is 25.1 Å². The molecule has 1 amide bonds. The van der Waals surface area contributed by atoms with Crippen LogP contribution < -0.4 is 15.5 Å². The summed E-state index contributed by atoms with van der Waals surface area (Å²) < 4.78 is 6.34. The van der Waals surface area contributed by atoms with Crippen LogP contribution in [0.1, 0.15) is 52.8 Å². The summed E-state index contributed by atoms with van der Waals surface area (Å²) in [6.07, 6.45) is 2.13. The van der Waals surface area contributed by atoms with Crippen molar-refractivity contribution in [3.8, 4) is 11.3 Å². The maximum absolute atomic E-state index is 11.9. The third-order valence-corrected chi connectivity index (χ3v) is 6.81. The van der Waals surface area contributed by atoms with Crippen LogP contribution >= 0.6 is 12.2 Å². The van der Waals surface area contributed by atoms with Gasteiger partial charge in [-0.3, -0.25) is 9.78 Å². The highest BCUT2D eigenvalue weighted by Gasteiger charge is 2.42. The predicted octanol–water partition coefficient (Wildman–Crippen LogP) is 5.87. The summed E-state index contributed by atoms with van der Waals surface area (Å²) in [6.45, 7) is 3.75. The molecule has 5 rings (SSSR count). The molecule has 0 saturated carbocycles. The molecule has 192 valence electrons. The average Bonchev–Trinajstić information content (AvgIpc) is 3.55. The second-order valence-electron chi connectivity index (χ2n) is 8.99. The molecule has 3 heterocycles. The molecule has 0 unspecified atom stereocenters. The zero-order valence-electron chi connectivity index (χ0n) is 20.8. The fourth-order valence-electron chi connectivity index (χ4n) is 4.57. The molecule has 1 aliphatic heterocycles. The van der Waals surface area contributed by atoms with E-state index in [1.54, 1.807) is 24.4 Å². The second-order valence-corrected chi connectivity index (χ2v) is 9.37. The number of carboxylic acids is 1. The molecule has 1 saturated heterocycles. The van der Waals surface area contributed by atoms with Crippen molar-refractivity contribution in [2.75, 3.05) is 10.2 Å². The summed E-state index contributed by atoms with van der Waals surface area (Å²) in [5.74, 6) is 0.140. The summed E-state index contributed by atoms with van der Waals surface area (Å²) in [5.41, 5.74) is 4.13. The summed E-state index contributed by atoms with van der Waals surface area (Å²) in [4.78, 5) is 30.0. The Morgan fingerprint density at radius 2 is 1.95 bits per heavy atom. The standard InChI is InChI=1S/C29H26N4O4S/c1-3-25(34)31-21-11-10-20(15-17(21)2)33-27(26(32-29(33)38)22-9-4-5-14-30-22)24-13-12-23(37-24)18-7-6-8-19(16-18)28(35)36/h4-16,26-27H,3H2,1-2H3,(H,31,34)(H,32,38)(H,35,36)/t26-,27+/m1/s1. The number of rotatable bonds is 7. The Morgan fingerprint density at radius 3 is 2.66 bits per heavy atom. The number of hydrogen-bond acceptors (Lipinski definition) is 5. The number of aromatic carboxylic acids is 1. The molecule has 1 fully saturated rings. The van der Waals surface area contributed by atoms with Crippen LogP contribution in [0.15, 0.2) is 83.4 Å². The van der Waals surface area contributed by atoms with E-state index in [2.05, 4.69) is 15.6 Å². The lowest BCUT2D eigenvalue weighted by Crippen LogP contribution is -2.29. The Morgan fingerprint density at radius 1 is 1.11 bits per heavy atom. The van der Waals surface area contributed by atoms with Crippen molar-refractivity contribution < 1.29 is 19.1 Å². The van der Waals surface area contributed by atoms with Crippen LogP contribution in [-0.2, 0) is 4.79 Å². The van der Waals surface area contributed by atoms with Crippen molar-refractivity contribution in [2.45, 2.75) is 32.4 Å². The molecule has 2 aromatic heterocycles. The van der Waals surface area contributed by atoms with E-state index in [4.69, 9.17) is 16.6 Å². The first-order valence-corrected chi connectivity index (χ1v) is 12.6. The zero-order chi connectivity index (χ0) is 26.8. The number of anilines is 2. The molecule has 2 aromatic carbocycles. The van der Waals surface area contributed by atoms with Gasteiger partial charge in [-0.25, -0.2) is 4.79 Å². The maximum atomic E-state index is 11.9. The maximum Gasteiger partial charge on any atom is 0.335 e. The molecule has 4 aromatic rings. The number of thiocarbonyl (C=S) groups is 1. The van der Waals surface area contributed by atoms with Gasteiger partial charge in [0.25, 0.3) is 0 Å². The number of benzene rings is 2. The van der Waals surface area contributed by atoms with Crippen molar-refractivity contribution >= 4 is 40.6 Å². The van der Waals surface area contributed by atoms with Gasteiger partial charge in [-0.05, 0) is 79.3 Å². The first-order valence-electron chi connectivity index (χ1n) is 12.2. The van der Waals surface area contributed by atoms with Gasteiger partial charge in [-0.15, -0.1) is 0 Å².